The largest absolute Gasteiger partial charge is 0.416 e. The van der Waals surface area contributed by atoms with Crippen LogP contribution < -0.4 is 5.73 Å². The second kappa shape index (κ2) is 3.97. The SMILES string of the molecule is NCC(F)(F)c1ccc(F)cc1C(F)(F)F. The monoisotopic (exact) mass is 243 g/mol. The van der Waals surface area contributed by atoms with E-state index in [0.717, 1.165) is 0 Å². The van der Waals surface area contributed by atoms with E-state index in [0.29, 0.717) is 12.1 Å². The molecule has 1 rings (SSSR count). The Kier molecular flexibility index (Phi) is 3.18. The minimum atomic E-state index is -5.05. The number of hydrogen-bond acceptors (Lipinski definition) is 1. The van der Waals surface area contributed by atoms with Crippen molar-refractivity contribution in [2.45, 2.75) is 12.1 Å². The normalized spacial score (nSPS) is 12.9. The van der Waals surface area contributed by atoms with Gasteiger partial charge in [-0.1, -0.05) is 0 Å². The topological polar surface area (TPSA) is 26.0 Å². The molecule has 2 N–H and O–H groups in total. The number of benzene rings is 1. The molecule has 0 aliphatic rings. The van der Waals surface area contributed by atoms with Crippen molar-refractivity contribution >= 4 is 0 Å². The first-order chi connectivity index (χ1) is 7.18. The van der Waals surface area contributed by atoms with E-state index < -0.39 is 35.6 Å². The van der Waals surface area contributed by atoms with Crippen LogP contribution >= 0.6 is 0 Å². The van der Waals surface area contributed by atoms with Crippen molar-refractivity contribution in [3.63, 3.8) is 0 Å². The lowest BCUT2D eigenvalue weighted by Gasteiger charge is -2.19. The lowest BCUT2D eigenvalue weighted by Crippen LogP contribution is -2.28. The molecule has 0 radical (unpaired) electrons. The Bertz CT molecular complexity index is 384. The summed E-state index contributed by atoms with van der Waals surface area (Å²) in [5, 5.41) is 0. The molecule has 0 aliphatic heterocycles. The summed E-state index contributed by atoms with van der Waals surface area (Å²) in [6.07, 6.45) is -5.05. The number of hydrogen-bond donors (Lipinski definition) is 1. The molecule has 1 nitrogen and oxygen atoms in total. The smallest absolute Gasteiger partial charge is 0.325 e. The first-order valence-electron chi connectivity index (χ1n) is 4.13. The Morgan fingerprint density at radius 3 is 2.00 bits per heavy atom. The fraction of sp³-hybridized carbons (Fsp3) is 0.333. The van der Waals surface area contributed by atoms with Crippen molar-refractivity contribution in [2.75, 3.05) is 6.54 Å². The Balaban J connectivity index is 3.40. The van der Waals surface area contributed by atoms with Crippen LogP contribution in [-0.2, 0) is 12.1 Å². The average molecular weight is 243 g/mol. The van der Waals surface area contributed by atoms with Crippen LogP contribution in [0.5, 0.6) is 0 Å². The third-order valence-electron chi connectivity index (χ3n) is 1.94. The maximum atomic E-state index is 13.1. The van der Waals surface area contributed by atoms with Crippen LogP contribution in [-0.4, -0.2) is 6.54 Å². The van der Waals surface area contributed by atoms with Gasteiger partial charge in [0.05, 0.1) is 12.1 Å². The molecule has 7 heteroatoms. The lowest BCUT2D eigenvalue weighted by atomic mass is 10.0. The van der Waals surface area contributed by atoms with Gasteiger partial charge >= 0.3 is 6.18 Å². The number of halogens is 6. The quantitative estimate of drug-likeness (QED) is 0.794. The van der Waals surface area contributed by atoms with Gasteiger partial charge in [0, 0.05) is 5.56 Å². The first kappa shape index (κ1) is 12.8. The molecule has 0 bridgehead atoms. The number of rotatable bonds is 2. The summed E-state index contributed by atoms with van der Waals surface area (Å²) in [5.74, 6) is -5.07. The van der Waals surface area contributed by atoms with Gasteiger partial charge in [0.25, 0.3) is 5.92 Å². The van der Waals surface area contributed by atoms with Crippen LogP contribution in [0.4, 0.5) is 26.3 Å². The maximum Gasteiger partial charge on any atom is 0.416 e. The van der Waals surface area contributed by atoms with Gasteiger partial charge in [-0.05, 0) is 18.2 Å². The molecule has 16 heavy (non-hydrogen) atoms. The van der Waals surface area contributed by atoms with E-state index in [-0.39, 0.29) is 6.07 Å². The van der Waals surface area contributed by atoms with Crippen LogP contribution in [0.2, 0.25) is 0 Å². The molecule has 1 aromatic rings. The van der Waals surface area contributed by atoms with E-state index in [1.54, 1.807) is 0 Å². The van der Waals surface area contributed by atoms with E-state index in [2.05, 4.69) is 5.73 Å². The van der Waals surface area contributed by atoms with Crippen molar-refractivity contribution in [3.8, 4) is 0 Å². The Morgan fingerprint density at radius 1 is 1.00 bits per heavy atom. The molecule has 0 spiro atoms. The summed E-state index contributed by atoms with van der Waals surface area (Å²) >= 11 is 0. The first-order valence-corrected chi connectivity index (χ1v) is 4.13. The van der Waals surface area contributed by atoms with Crippen molar-refractivity contribution in [2.24, 2.45) is 5.73 Å². The third kappa shape index (κ3) is 2.46. The average Bonchev–Trinajstić information content (AvgIpc) is 2.16. The van der Waals surface area contributed by atoms with E-state index in [9.17, 15) is 26.3 Å². The van der Waals surface area contributed by atoms with Crippen molar-refractivity contribution in [3.05, 3.63) is 35.1 Å². The maximum absolute atomic E-state index is 13.1. The zero-order valence-corrected chi connectivity index (χ0v) is 7.78. The second-order valence-electron chi connectivity index (χ2n) is 3.10. The molecule has 0 amide bonds. The summed E-state index contributed by atoms with van der Waals surface area (Å²) in [6.45, 7) is -1.28. The van der Waals surface area contributed by atoms with E-state index in [4.69, 9.17) is 0 Å². The molecule has 0 heterocycles. The molecule has 0 aromatic heterocycles. The molecular weight excluding hydrogens is 236 g/mol. The van der Waals surface area contributed by atoms with Crippen molar-refractivity contribution in [1.29, 1.82) is 0 Å². The summed E-state index contributed by atoms with van der Waals surface area (Å²) in [4.78, 5) is 0. The van der Waals surface area contributed by atoms with Crippen LogP contribution in [0.3, 0.4) is 0 Å². The highest BCUT2D eigenvalue weighted by Crippen LogP contribution is 2.39. The molecule has 0 aliphatic carbocycles. The molecule has 90 valence electrons. The Hall–Kier alpha value is -1.24. The molecule has 0 unspecified atom stereocenters. The van der Waals surface area contributed by atoms with Crippen LogP contribution in [0.15, 0.2) is 18.2 Å². The molecule has 0 fully saturated rings. The standard InChI is InChI=1S/C9H7F6N/c10-5-1-2-6(8(11,12)4-16)7(3-5)9(13,14)15/h1-3H,4,16H2. The highest BCUT2D eigenvalue weighted by Gasteiger charge is 2.42. The molecule has 1 aromatic carbocycles. The van der Waals surface area contributed by atoms with Gasteiger partial charge in [-0.25, -0.2) is 4.39 Å². The second-order valence-corrected chi connectivity index (χ2v) is 3.10. The fourth-order valence-corrected chi connectivity index (χ4v) is 1.18. The minimum Gasteiger partial charge on any atom is -0.325 e. The van der Waals surface area contributed by atoms with Gasteiger partial charge in [0.1, 0.15) is 5.82 Å². The number of nitrogens with two attached hydrogens (primary N) is 1. The highest BCUT2D eigenvalue weighted by molar-refractivity contribution is 5.34. The van der Waals surface area contributed by atoms with Gasteiger partial charge in [-0.2, -0.15) is 22.0 Å². The van der Waals surface area contributed by atoms with Gasteiger partial charge in [-0.3, -0.25) is 0 Å². The zero-order valence-electron chi connectivity index (χ0n) is 7.78. The predicted molar refractivity (Wildman–Crippen MR) is 44.4 cm³/mol. The van der Waals surface area contributed by atoms with Crippen molar-refractivity contribution in [1.82, 2.24) is 0 Å². The lowest BCUT2D eigenvalue weighted by molar-refractivity contribution is -0.142. The fourth-order valence-electron chi connectivity index (χ4n) is 1.18. The van der Waals surface area contributed by atoms with Crippen LogP contribution in [0.1, 0.15) is 11.1 Å². The van der Waals surface area contributed by atoms with Crippen LogP contribution in [0, 0.1) is 5.82 Å². The zero-order chi connectivity index (χ0) is 12.6. The number of alkyl halides is 5. The summed E-state index contributed by atoms with van der Waals surface area (Å²) in [7, 11) is 0. The van der Waals surface area contributed by atoms with E-state index >= 15 is 0 Å². The van der Waals surface area contributed by atoms with Crippen LogP contribution in [0.25, 0.3) is 0 Å². The molecule has 0 saturated carbocycles. The predicted octanol–water partition coefficient (Wildman–Crippen LogP) is 2.90. The van der Waals surface area contributed by atoms with Gasteiger partial charge in [-0.15, -0.1) is 0 Å². The van der Waals surface area contributed by atoms with Gasteiger partial charge < -0.3 is 5.73 Å². The molecule has 0 saturated heterocycles. The van der Waals surface area contributed by atoms with Crippen molar-refractivity contribution < 1.29 is 26.3 Å². The van der Waals surface area contributed by atoms with Gasteiger partial charge in [0.15, 0.2) is 0 Å². The summed E-state index contributed by atoms with van der Waals surface area (Å²) in [6, 6.07) is 0.956. The third-order valence-corrected chi connectivity index (χ3v) is 1.94. The van der Waals surface area contributed by atoms with Gasteiger partial charge in [0.2, 0.25) is 0 Å². The highest BCUT2D eigenvalue weighted by atomic mass is 19.4. The Morgan fingerprint density at radius 2 is 1.56 bits per heavy atom. The minimum absolute atomic E-state index is 0.0267. The summed E-state index contributed by atoms with van der Waals surface area (Å²) in [5.41, 5.74) is 1.66. The van der Waals surface area contributed by atoms with E-state index in [1.165, 1.54) is 0 Å². The summed E-state index contributed by atoms with van der Waals surface area (Å²) < 4.78 is 75.8. The molecular formula is C9H7F6N. The molecule has 0 atom stereocenters. The van der Waals surface area contributed by atoms with E-state index in [1.807, 2.05) is 0 Å². The Labute approximate surface area is 86.9 Å².